The maximum Gasteiger partial charge on any atom is 0.331 e. The number of aliphatic hydroxyl groups excluding tert-OH is 1. The summed E-state index contributed by atoms with van der Waals surface area (Å²) in [5.74, 6) is 0.571. The van der Waals surface area contributed by atoms with Crippen LogP contribution in [0.25, 0.3) is 17.1 Å². The first-order valence-corrected chi connectivity index (χ1v) is 11.6. The van der Waals surface area contributed by atoms with Crippen LogP contribution in [0.2, 0.25) is 5.02 Å². The molecule has 2 heterocycles. The van der Waals surface area contributed by atoms with Crippen molar-refractivity contribution in [2.75, 3.05) is 6.61 Å². The maximum atomic E-state index is 13.4. The fraction of sp³-hybridized carbons (Fsp3) is 0.440. The second kappa shape index (κ2) is 9.51. The van der Waals surface area contributed by atoms with Crippen molar-refractivity contribution in [2.45, 2.75) is 52.1 Å². The molecule has 0 spiro atoms. The second-order valence-electron chi connectivity index (χ2n) is 8.76. The zero-order valence-corrected chi connectivity index (χ0v) is 19.4. The summed E-state index contributed by atoms with van der Waals surface area (Å²) < 4.78 is 4.77. The van der Waals surface area contributed by atoms with Crippen molar-refractivity contribution >= 4 is 28.7 Å². The smallest absolute Gasteiger partial charge is 0.331 e. The molecule has 170 valence electrons. The summed E-state index contributed by atoms with van der Waals surface area (Å²) in [7, 11) is 1.70. The minimum absolute atomic E-state index is 0.0754. The highest BCUT2D eigenvalue weighted by atomic mass is 35.5. The molecule has 0 bridgehead atoms. The van der Waals surface area contributed by atoms with Gasteiger partial charge in [-0.2, -0.15) is 0 Å². The normalized spacial score (nSPS) is 15.2. The zero-order chi connectivity index (χ0) is 22.8. The Morgan fingerprint density at radius 1 is 1.16 bits per heavy atom. The van der Waals surface area contributed by atoms with Gasteiger partial charge in [0.2, 0.25) is 0 Å². The van der Waals surface area contributed by atoms with Crippen LogP contribution in [0.1, 0.15) is 50.3 Å². The fourth-order valence-corrected chi connectivity index (χ4v) is 4.88. The number of halogens is 1. The molecule has 1 fully saturated rings. The maximum absolute atomic E-state index is 13.4. The van der Waals surface area contributed by atoms with E-state index in [1.807, 2.05) is 34.9 Å². The number of nitrogens with zero attached hydrogens (tertiary/aromatic N) is 3. The Kier molecular flexibility index (Phi) is 6.72. The highest BCUT2D eigenvalue weighted by Gasteiger charge is 2.20. The second-order valence-corrected chi connectivity index (χ2v) is 9.20. The van der Waals surface area contributed by atoms with Crippen molar-refractivity contribution in [1.29, 1.82) is 0 Å². The van der Waals surface area contributed by atoms with Gasteiger partial charge in [0.25, 0.3) is 5.56 Å². The Balaban J connectivity index is 1.92. The number of fused-ring (bicyclic) bond motifs is 1. The van der Waals surface area contributed by atoms with Crippen molar-refractivity contribution in [2.24, 2.45) is 13.0 Å². The minimum Gasteiger partial charge on any atom is -0.396 e. The number of hydrogen-bond acceptors (Lipinski definition) is 3. The van der Waals surface area contributed by atoms with Crippen LogP contribution < -0.4 is 11.2 Å². The summed E-state index contributed by atoms with van der Waals surface area (Å²) in [6, 6.07) is 9.55. The molecule has 6 nitrogen and oxygen atoms in total. The van der Waals surface area contributed by atoms with Gasteiger partial charge >= 0.3 is 5.69 Å². The molecule has 3 aromatic rings. The van der Waals surface area contributed by atoms with Gasteiger partial charge in [-0.3, -0.25) is 13.9 Å². The van der Waals surface area contributed by atoms with Gasteiger partial charge in [0.1, 0.15) is 5.52 Å². The summed E-state index contributed by atoms with van der Waals surface area (Å²) in [4.78, 5) is 26.3. The SMILES string of the molecule is CC(=Cc1cc2c(c(=O)n(CCCO)c(=O)n2C)n1Cc1ccc(Cl)cc1)C1CCCC1. The molecule has 1 N–H and O–H groups in total. The highest BCUT2D eigenvalue weighted by Crippen LogP contribution is 2.32. The van der Waals surface area contributed by atoms with Crippen LogP contribution in [0.3, 0.4) is 0 Å². The van der Waals surface area contributed by atoms with Crippen molar-refractivity contribution in [3.05, 3.63) is 73.0 Å². The average molecular weight is 456 g/mol. The van der Waals surface area contributed by atoms with Crippen LogP contribution in [0.15, 0.2) is 45.5 Å². The van der Waals surface area contributed by atoms with Crippen LogP contribution in [0.4, 0.5) is 0 Å². The standard InChI is InChI=1S/C25H30ClN3O3/c1-17(19-6-3-4-7-19)14-21-15-22-23(29(21)16-18-8-10-20(26)11-9-18)24(31)28(12-5-13-30)25(32)27(22)2/h8-11,14-15,19,30H,3-7,12-13,16H2,1-2H3. The summed E-state index contributed by atoms with van der Waals surface area (Å²) in [5.41, 5.74) is 3.71. The van der Waals surface area contributed by atoms with Crippen LogP contribution in [0.5, 0.6) is 0 Å². The van der Waals surface area contributed by atoms with E-state index in [1.165, 1.54) is 40.4 Å². The summed E-state index contributed by atoms with van der Waals surface area (Å²) >= 11 is 6.07. The lowest BCUT2D eigenvalue weighted by molar-refractivity contribution is 0.277. The van der Waals surface area contributed by atoms with E-state index in [0.717, 1.165) is 11.3 Å². The van der Waals surface area contributed by atoms with E-state index in [-0.39, 0.29) is 24.4 Å². The minimum atomic E-state index is -0.359. The molecule has 0 radical (unpaired) electrons. The number of aromatic nitrogens is 3. The van der Waals surface area contributed by atoms with Crippen molar-refractivity contribution in [3.8, 4) is 0 Å². The highest BCUT2D eigenvalue weighted by molar-refractivity contribution is 6.30. The molecule has 0 atom stereocenters. The van der Waals surface area contributed by atoms with Gasteiger partial charge in [-0.25, -0.2) is 4.79 Å². The monoisotopic (exact) mass is 455 g/mol. The summed E-state index contributed by atoms with van der Waals surface area (Å²) in [6.07, 6.45) is 7.44. The van der Waals surface area contributed by atoms with Crippen LogP contribution >= 0.6 is 11.6 Å². The summed E-state index contributed by atoms with van der Waals surface area (Å²) in [6.45, 7) is 2.78. The molecule has 1 aliphatic carbocycles. The van der Waals surface area contributed by atoms with E-state index in [2.05, 4.69) is 13.0 Å². The lowest BCUT2D eigenvalue weighted by Gasteiger charge is -2.13. The quantitative estimate of drug-likeness (QED) is 0.581. The Bertz CT molecular complexity index is 1260. The molecular formula is C25H30ClN3O3. The first-order valence-electron chi connectivity index (χ1n) is 11.3. The third kappa shape index (κ3) is 4.34. The molecule has 7 heteroatoms. The van der Waals surface area contributed by atoms with Gasteiger partial charge in [0.05, 0.1) is 5.52 Å². The first kappa shape index (κ1) is 22.6. The van der Waals surface area contributed by atoms with Gasteiger partial charge in [-0.15, -0.1) is 0 Å². The van der Waals surface area contributed by atoms with E-state index in [1.54, 1.807) is 7.05 Å². The van der Waals surface area contributed by atoms with Gasteiger partial charge in [-0.05, 0) is 61.9 Å². The molecule has 32 heavy (non-hydrogen) atoms. The lowest BCUT2D eigenvalue weighted by Crippen LogP contribution is -2.39. The first-order chi connectivity index (χ1) is 15.4. The predicted molar refractivity (Wildman–Crippen MR) is 129 cm³/mol. The molecule has 0 unspecified atom stereocenters. The number of benzene rings is 1. The molecular weight excluding hydrogens is 426 g/mol. The topological polar surface area (TPSA) is 69.2 Å². The third-order valence-corrected chi connectivity index (χ3v) is 6.86. The third-order valence-electron chi connectivity index (χ3n) is 6.60. The van der Waals surface area contributed by atoms with E-state index >= 15 is 0 Å². The number of hydrogen-bond donors (Lipinski definition) is 1. The van der Waals surface area contributed by atoms with Crippen molar-refractivity contribution in [3.63, 3.8) is 0 Å². The Labute approximate surface area is 192 Å². The Morgan fingerprint density at radius 2 is 1.84 bits per heavy atom. The summed E-state index contributed by atoms with van der Waals surface area (Å²) in [5, 5.41) is 9.89. The van der Waals surface area contributed by atoms with Crippen molar-refractivity contribution in [1.82, 2.24) is 13.7 Å². The van der Waals surface area contributed by atoms with Crippen LogP contribution in [-0.2, 0) is 20.1 Å². The molecule has 2 aromatic heterocycles. The molecule has 1 aromatic carbocycles. The molecule has 4 rings (SSSR count). The van der Waals surface area contributed by atoms with Crippen LogP contribution in [0, 0.1) is 5.92 Å². The molecule has 0 saturated heterocycles. The van der Waals surface area contributed by atoms with Gasteiger partial charge < -0.3 is 9.67 Å². The number of rotatable bonds is 7. The van der Waals surface area contributed by atoms with Crippen LogP contribution in [-0.4, -0.2) is 25.4 Å². The molecule has 1 saturated carbocycles. The Hall–Kier alpha value is -2.57. The van der Waals surface area contributed by atoms with E-state index in [9.17, 15) is 14.7 Å². The molecule has 0 aliphatic heterocycles. The van der Waals surface area contributed by atoms with E-state index in [0.29, 0.717) is 34.9 Å². The predicted octanol–water partition coefficient (Wildman–Crippen LogP) is 4.18. The van der Waals surface area contributed by atoms with E-state index in [4.69, 9.17) is 11.6 Å². The van der Waals surface area contributed by atoms with Gasteiger partial charge in [0.15, 0.2) is 0 Å². The molecule has 1 aliphatic rings. The molecule has 0 amide bonds. The number of allylic oxidation sites excluding steroid dienone is 1. The number of aryl methyl sites for hydroxylation is 1. The van der Waals surface area contributed by atoms with Gasteiger partial charge in [-0.1, -0.05) is 42.1 Å². The van der Waals surface area contributed by atoms with Gasteiger partial charge in [0, 0.05) is 37.5 Å². The van der Waals surface area contributed by atoms with E-state index < -0.39 is 0 Å². The Morgan fingerprint density at radius 3 is 2.50 bits per heavy atom. The fourth-order valence-electron chi connectivity index (χ4n) is 4.75. The lowest BCUT2D eigenvalue weighted by atomic mass is 9.98. The van der Waals surface area contributed by atoms with Crippen molar-refractivity contribution < 1.29 is 5.11 Å². The zero-order valence-electron chi connectivity index (χ0n) is 18.7. The number of aliphatic hydroxyl groups is 1. The average Bonchev–Trinajstić information content (AvgIpc) is 3.43. The largest absolute Gasteiger partial charge is 0.396 e.